The number of benzene rings is 1. The summed E-state index contributed by atoms with van der Waals surface area (Å²) in [5.41, 5.74) is 7.50. The van der Waals surface area contributed by atoms with Gasteiger partial charge in [0.05, 0.1) is 6.54 Å². The summed E-state index contributed by atoms with van der Waals surface area (Å²) in [6.07, 6.45) is 2.10. The molecule has 112 valence electrons. The lowest BCUT2D eigenvalue weighted by molar-refractivity contribution is -0.121. The number of hydrogen-bond acceptors (Lipinski definition) is 4. The Morgan fingerprint density at radius 1 is 1.38 bits per heavy atom. The van der Waals surface area contributed by atoms with E-state index in [2.05, 4.69) is 15.5 Å². The number of aromatic nitrogens is 3. The summed E-state index contributed by atoms with van der Waals surface area (Å²) in [5.74, 6) is 0.922. The van der Waals surface area contributed by atoms with E-state index in [-0.39, 0.29) is 11.8 Å². The fourth-order valence-corrected chi connectivity index (χ4v) is 2.15. The molecule has 2 aromatic rings. The number of rotatable bonds is 6. The van der Waals surface area contributed by atoms with Gasteiger partial charge in [-0.3, -0.25) is 4.79 Å². The number of anilines is 1. The maximum absolute atomic E-state index is 12.0. The minimum atomic E-state index is 0.00461. The minimum Gasteiger partial charge on any atom is -0.399 e. The fourth-order valence-electron chi connectivity index (χ4n) is 2.15. The number of nitrogens with one attached hydrogen (secondary N) is 1. The maximum Gasteiger partial charge on any atom is 0.220 e. The van der Waals surface area contributed by atoms with Crippen LogP contribution in [-0.4, -0.2) is 20.7 Å². The Morgan fingerprint density at radius 2 is 2.10 bits per heavy atom. The van der Waals surface area contributed by atoms with Crippen LogP contribution in [0.5, 0.6) is 0 Å². The first kappa shape index (κ1) is 15.0. The van der Waals surface area contributed by atoms with Gasteiger partial charge in [0.1, 0.15) is 6.33 Å². The molecule has 1 heterocycles. The first-order valence-corrected chi connectivity index (χ1v) is 7.09. The van der Waals surface area contributed by atoms with Gasteiger partial charge < -0.3 is 15.6 Å². The predicted octanol–water partition coefficient (Wildman–Crippen LogP) is 1.69. The molecule has 2 rings (SSSR count). The number of nitrogen functional groups attached to an aromatic ring is 1. The zero-order valence-electron chi connectivity index (χ0n) is 12.4. The van der Waals surface area contributed by atoms with Gasteiger partial charge in [-0.25, -0.2) is 0 Å². The average Bonchev–Trinajstić information content (AvgIpc) is 2.93. The summed E-state index contributed by atoms with van der Waals surface area (Å²) in [6, 6.07) is 7.63. The van der Waals surface area contributed by atoms with Crippen molar-refractivity contribution in [1.29, 1.82) is 0 Å². The Balaban J connectivity index is 1.85. The smallest absolute Gasteiger partial charge is 0.220 e. The highest BCUT2D eigenvalue weighted by Gasteiger charge is 2.12. The van der Waals surface area contributed by atoms with Crippen molar-refractivity contribution in [1.82, 2.24) is 20.1 Å². The molecule has 0 saturated heterocycles. The van der Waals surface area contributed by atoms with Gasteiger partial charge >= 0.3 is 0 Å². The van der Waals surface area contributed by atoms with Crippen molar-refractivity contribution >= 4 is 11.6 Å². The molecule has 0 aliphatic carbocycles. The lowest BCUT2D eigenvalue weighted by atomic mass is 9.97. The first-order valence-electron chi connectivity index (χ1n) is 7.09. The van der Waals surface area contributed by atoms with E-state index in [0.29, 0.717) is 13.0 Å². The van der Waals surface area contributed by atoms with Gasteiger partial charge in [0, 0.05) is 18.7 Å². The van der Waals surface area contributed by atoms with Crippen LogP contribution in [0.15, 0.2) is 30.6 Å². The van der Waals surface area contributed by atoms with Crippen LogP contribution >= 0.6 is 0 Å². The van der Waals surface area contributed by atoms with Crippen molar-refractivity contribution in [2.45, 2.75) is 39.3 Å². The number of carbonyl (C=O) groups excluding carboxylic acids is 1. The zero-order chi connectivity index (χ0) is 15.2. The molecular formula is C15H21N5O. The lowest BCUT2D eigenvalue weighted by Crippen LogP contribution is -2.25. The lowest BCUT2D eigenvalue weighted by Gasteiger charge is -2.12. The van der Waals surface area contributed by atoms with Crippen LogP contribution in [0.2, 0.25) is 0 Å². The van der Waals surface area contributed by atoms with E-state index in [4.69, 9.17) is 5.73 Å². The molecule has 1 aromatic carbocycles. The quantitative estimate of drug-likeness (QED) is 0.792. The van der Waals surface area contributed by atoms with Crippen LogP contribution < -0.4 is 11.1 Å². The van der Waals surface area contributed by atoms with E-state index >= 15 is 0 Å². The molecule has 1 unspecified atom stereocenters. The Morgan fingerprint density at radius 3 is 2.76 bits per heavy atom. The molecule has 0 radical (unpaired) electrons. The van der Waals surface area contributed by atoms with Crippen molar-refractivity contribution in [3.63, 3.8) is 0 Å². The molecule has 6 heteroatoms. The van der Waals surface area contributed by atoms with E-state index in [0.717, 1.165) is 23.6 Å². The van der Waals surface area contributed by atoms with E-state index < -0.39 is 0 Å². The summed E-state index contributed by atoms with van der Waals surface area (Å²) in [7, 11) is 0. The molecule has 0 aliphatic heterocycles. The molecular weight excluding hydrogens is 266 g/mol. The summed E-state index contributed by atoms with van der Waals surface area (Å²) >= 11 is 0. The molecule has 21 heavy (non-hydrogen) atoms. The van der Waals surface area contributed by atoms with E-state index in [1.165, 1.54) is 0 Å². The molecule has 3 N–H and O–H groups in total. The normalized spacial score (nSPS) is 12.1. The Hall–Kier alpha value is -2.37. The third kappa shape index (κ3) is 4.05. The van der Waals surface area contributed by atoms with Crippen LogP contribution in [0.4, 0.5) is 5.69 Å². The summed E-state index contributed by atoms with van der Waals surface area (Å²) in [4.78, 5) is 12.0. The van der Waals surface area contributed by atoms with E-state index in [1.807, 2.05) is 42.7 Å². The highest BCUT2D eigenvalue weighted by molar-refractivity contribution is 5.76. The molecule has 6 nitrogen and oxygen atoms in total. The second-order valence-corrected chi connectivity index (χ2v) is 5.08. The third-order valence-corrected chi connectivity index (χ3v) is 3.48. The molecule has 0 bridgehead atoms. The SMILES string of the molecule is CCn1cnnc1CNC(=O)CC(C)c1ccc(N)cc1. The van der Waals surface area contributed by atoms with Crippen molar-refractivity contribution in [3.8, 4) is 0 Å². The number of carbonyl (C=O) groups is 1. The number of nitrogens with two attached hydrogens (primary N) is 1. The topological polar surface area (TPSA) is 85.8 Å². The second-order valence-electron chi connectivity index (χ2n) is 5.08. The molecule has 0 spiro atoms. The number of hydrogen-bond donors (Lipinski definition) is 2. The minimum absolute atomic E-state index is 0.00461. The third-order valence-electron chi connectivity index (χ3n) is 3.48. The van der Waals surface area contributed by atoms with Crippen LogP contribution in [0, 0.1) is 0 Å². The number of nitrogens with zero attached hydrogens (tertiary/aromatic N) is 3. The predicted molar refractivity (Wildman–Crippen MR) is 81.4 cm³/mol. The van der Waals surface area contributed by atoms with Crippen LogP contribution in [-0.2, 0) is 17.9 Å². The van der Waals surface area contributed by atoms with Crippen molar-refractivity contribution < 1.29 is 4.79 Å². The van der Waals surface area contributed by atoms with Crippen molar-refractivity contribution in [2.75, 3.05) is 5.73 Å². The van der Waals surface area contributed by atoms with Gasteiger partial charge in [-0.15, -0.1) is 10.2 Å². The van der Waals surface area contributed by atoms with Gasteiger partial charge in [0.2, 0.25) is 5.91 Å². The molecule has 1 amide bonds. The van der Waals surface area contributed by atoms with Gasteiger partial charge in [-0.2, -0.15) is 0 Å². The Kier molecular flexibility index (Phi) is 4.92. The van der Waals surface area contributed by atoms with Crippen molar-refractivity contribution in [2.24, 2.45) is 0 Å². The summed E-state index contributed by atoms with van der Waals surface area (Å²) < 4.78 is 1.91. The van der Waals surface area contributed by atoms with Gasteiger partial charge in [0.15, 0.2) is 5.82 Å². The van der Waals surface area contributed by atoms with Crippen LogP contribution in [0.25, 0.3) is 0 Å². The highest BCUT2D eigenvalue weighted by atomic mass is 16.1. The summed E-state index contributed by atoms with van der Waals surface area (Å²) in [6.45, 7) is 5.23. The van der Waals surface area contributed by atoms with Crippen LogP contribution in [0.3, 0.4) is 0 Å². The highest BCUT2D eigenvalue weighted by Crippen LogP contribution is 2.19. The largest absolute Gasteiger partial charge is 0.399 e. The number of aryl methyl sites for hydroxylation is 1. The van der Waals surface area contributed by atoms with E-state index in [9.17, 15) is 4.79 Å². The molecule has 1 aromatic heterocycles. The van der Waals surface area contributed by atoms with Crippen molar-refractivity contribution in [3.05, 3.63) is 42.0 Å². The van der Waals surface area contributed by atoms with Gasteiger partial charge in [-0.1, -0.05) is 19.1 Å². The van der Waals surface area contributed by atoms with E-state index in [1.54, 1.807) is 6.33 Å². The molecule has 0 saturated carbocycles. The molecule has 1 atom stereocenters. The average molecular weight is 287 g/mol. The second kappa shape index (κ2) is 6.88. The van der Waals surface area contributed by atoms with Gasteiger partial charge in [-0.05, 0) is 30.5 Å². The Bertz CT molecular complexity index is 590. The Labute approximate surface area is 124 Å². The first-order chi connectivity index (χ1) is 10.1. The maximum atomic E-state index is 12.0. The molecule has 0 aliphatic rings. The number of amides is 1. The van der Waals surface area contributed by atoms with Crippen LogP contribution in [0.1, 0.15) is 37.6 Å². The monoisotopic (exact) mass is 287 g/mol. The summed E-state index contributed by atoms with van der Waals surface area (Å²) in [5, 5.41) is 10.7. The zero-order valence-corrected chi connectivity index (χ0v) is 12.4. The fraction of sp³-hybridized carbons (Fsp3) is 0.400. The standard InChI is InChI=1S/C15H21N5O/c1-3-20-10-18-19-14(20)9-17-15(21)8-11(2)12-4-6-13(16)7-5-12/h4-7,10-11H,3,8-9,16H2,1-2H3,(H,17,21). The van der Waals surface area contributed by atoms with Gasteiger partial charge in [0.25, 0.3) is 0 Å². The molecule has 0 fully saturated rings.